The summed E-state index contributed by atoms with van der Waals surface area (Å²) in [6, 6.07) is 15.0. The maximum Gasteiger partial charge on any atom is 0.258 e. The topological polar surface area (TPSA) is 83.8 Å². The van der Waals surface area contributed by atoms with E-state index in [9.17, 15) is 4.79 Å². The van der Waals surface area contributed by atoms with Crippen LogP contribution in [0.15, 0.2) is 59.7 Å². The Bertz CT molecular complexity index is 1140. The first-order valence-electron chi connectivity index (χ1n) is 11.6. The molecule has 2 aromatic carbocycles. The van der Waals surface area contributed by atoms with Gasteiger partial charge in [-0.15, -0.1) is 0 Å². The van der Waals surface area contributed by atoms with Crippen LogP contribution in [-0.4, -0.2) is 42.3 Å². The number of aromatic nitrogens is 2. The van der Waals surface area contributed by atoms with Gasteiger partial charge < -0.3 is 15.0 Å². The fourth-order valence-corrected chi connectivity index (χ4v) is 3.42. The molecule has 1 aromatic heterocycles. The smallest absolute Gasteiger partial charge is 0.258 e. The molecule has 8 nitrogen and oxygen atoms in total. The number of guanidine groups is 1. The zero-order valence-electron chi connectivity index (χ0n) is 20.6. The Kier molecular flexibility index (Phi) is 8.67. The largest absolute Gasteiger partial charge is 0.492 e. The van der Waals surface area contributed by atoms with Gasteiger partial charge in [-0.05, 0) is 50.6 Å². The van der Waals surface area contributed by atoms with Crippen LogP contribution in [0.3, 0.4) is 0 Å². The van der Waals surface area contributed by atoms with Crippen LogP contribution in [0.25, 0.3) is 0 Å². The van der Waals surface area contributed by atoms with E-state index < -0.39 is 0 Å². The summed E-state index contributed by atoms with van der Waals surface area (Å²) in [7, 11) is 3.88. The fourth-order valence-electron chi connectivity index (χ4n) is 3.42. The molecule has 180 valence electrons. The van der Waals surface area contributed by atoms with Crippen molar-refractivity contribution in [2.75, 3.05) is 30.9 Å². The highest BCUT2D eigenvalue weighted by Crippen LogP contribution is 2.23. The summed E-state index contributed by atoms with van der Waals surface area (Å²) >= 11 is 0. The van der Waals surface area contributed by atoms with E-state index in [2.05, 4.69) is 22.7 Å². The molecule has 34 heavy (non-hydrogen) atoms. The van der Waals surface area contributed by atoms with Crippen molar-refractivity contribution in [2.24, 2.45) is 4.99 Å². The fraction of sp³-hybridized carbons (Fsp3) is 0.346. The molecule has 8 heteroatoms. The number of nitrogens with one attached hydrogen (secondary N) is 2. The van der Waals surface area contributed by atoms with Gasteiger partial charge >= 0.3 is 0 Å². The summed E-state index contributed by atoms with van der Waals surface area (Å²) in [5, 5.41) is 10.7. The first kappa shape index (κ1) is 24.8. The molecule has 0 bridgehead atoms. The number of hydrogen-bond acceptors (Lipinski definition) is 5. The van der Waals surface area contributed by atoms with Crippen LogP contribution in [0.5, 0.6) is 5.75 Å². The number of ether oxygens (including phenoxy) is 1. The van der Waals surface area contributed by atoms with E-state index in [1.807, 2.05) is 86.2 Å². The van der Waals surface area contributed by atoms with Gasteiger partial charge in [0.1, 0.15) is 5.75 Å². The number of hydrogen-bond donors (Lipinski definition) is 2. The van der Waals surface area contributed by atoms with E-state index in [-0.39, 0.29) is 5.91 Å². The van der Waals surface area contributed by atoms with Gasteiger partial charge in [0.2, 0.25) is 5.96 Å². The third-order valence-corrected chi connectivity index (χ3v) is 5.20. The lowest BCUT2D eigenvalue weighted by Gasteiger charge is -2.16. The molecule has 0 fully saturated rings. The lowest BCUT2D eigenvalue weighted by atomic mass is 10.2. The molecule has 0 radical (unpaired) electrons. The van der Waals surface area contributed by atoms with Crippen LogP contribution in [0.4, 0.5) is 11.4 Å². The quantitative estimate of drug-likeness (QED) is 0.362. The second-order valence-corrected chi connectivity index (χ2v) is 8.12. The Balaban J connectivity index is 1.88. The SMILES string of the molecule is CCCn1cc(CN=C(NC(=O)c2cccc(N(C)C)c2)Nc2ccccc2OCC)c(C)n1. The number of rotatable bonds is 9. The van der Waals surface area contributed by atoms with E-state index in [0.717, 1.165) is 35.6 Å². The number of amides is 1. The lowest BCUT2D eigenvalue weighted by Crippen LogP contribution is -2.36. The molecule has 0 aliphatic heterocycles. The monoisotopic (exact) mass is 462 g/mol. The third kappa shape index (κ3) is 6.60. The van der Waals surface area contributed by atoms with Crippen LogP contribution >= 0.6 is 0 Å². The number of anilines is 2. The van der Waals surface area contributed by atoms with Crippen molar-refractivity contribution in [1.82, 2.24) is 15.1 Å². The van der Waals surface area contributed by atoms with Crippen molar-refractivity contribution in [3.8, 4) is 5.75 Å². The zero-order chi connectivity index (χ0) is 24.5. The number of benzene rings is 2. The van der Waals surface area contributed by atoms with E-state index >= 15 is 0 Å². The highest BCUT2D eigenvalue weighted by atomic mass is 16.5. The van der Waals surface area contributed by atoms with E-state index in [4.69, 9.17) is 9.73 Å². The predicted molar refractivity (Wildman–Crippen MR) is 138 cm³/mol. The highest BCUT2D eigenvalue weighted by molar-refractivity contribution is 6.10. The minimum Gasteiger partial charge on any atom is -0.492 e. The van der Waals surface area contributed by atoms with Crippen molar-refractivity contribution in [3.05, 3.63) is 71.5 Å². The zero-order valence-corrected chi connectivity index (χ0v) is 20.6. The van der Waals surface area contributed by atoms with Crippen molar-refractivity contribution >= 4 is 23.2 Å². The first-order valence-corrected chi connectivity index (χ1v) is 11.6. The van der Waals surface area contributed by atoms with Crippen molar-refractivity contribution in [1.29, 1.82) is 0 Å². The molecule has 3 aromatic rings. The number of aryl methyl sites for hydroxylation is 2. The first-order chi connectivity index (χ1) is 16.4. The standard InChI is InChI=1S/C26H34N6O2/c1-6-15-32-18-21(19(3)30-32)17-27-26(28-23-13-8-9-14-24(23)34-7-2)29-25(33)20-11-10-12-22(16-20)31(4)5/h8-14,16,18H,6-7,15,17H2,1-5H3,(H2,27,28,29,33). The van der Waals surface area contributed by atoms with Gasteiger partial charge in [-0.2, -0.15) is 5.10 Å². The molecule has 0 saturated heterocycles. The van der Waals surface area contributed by atoms with Crippen LogP contribution in [0, 0.1) is 6.92 Å². The summed E-state index contributed by atoms with van der Waals surface area (Å²) < 4.78 is 7.67. The Labute approximate surface area is 201 Å². The maximum atomic E-state index is 13.1. The van der Waals surface area contributed by atoms with Crippen LogP contribution in [0.2, 0.25) is 0 Å². The number of para-hydroxylation sites is 2. The summed E-state index contributed by atoms with van der Waals surface area (Å²) in [5.74, 6) is 0.783. The Morgan fingerprint density at radius 3 is 2.68 bits per heavy atom. The van der Waals surface area contributed by atoms with Crippen molar-refractivity contribution in [2.45, 2.75) is 40.3 Å². The Morgan fingerprint density at radius 2 is 1.94 bits per heavy atom. The normalized spacial score (nSPS) is 11.3. The van der Waals surface area contributed by atoms with Crippen LogP contribution in [0.1, 0.15) is 41.9 Å². The van der Waals surface area contributed by atoms with Gasteiger partial charge in [0, 0.05) is 43.7 Å². The molecule has 0 atom stereocenters. The molecule has 0 aliphatic carbocycles. The number of nitrogens with zero attached hydrogens (tertiary/aromatic N) is 4. The molecular weight excluding hydrogens is 428 g/mol. The second-order valence-electron chi connectivity index (χ2n) is 8.12. The number of carbonyl (C=O) groups is 1. The maximum absolute atomic E-state index is 13.1. The second kappa shape index (κ2) is 11.9. The Morgan fingerprint density at radius 1 is 1.15 bits per heavy atom. The minimum absolute atomic E-state index is 0.248. The summed E-state index contributed by atoms with van der Waals surface area (Å²) in [4.78, 5) is 19.8. The van der Waals surface area contributed by atoms with E-state index in [0.29, 0.717) is 30.4 Å². The van der Waals surface area contributed by atoms with Gasteiger partial charge in [0.25, 0.3) is 5.91 Å². The number of carbonyl (C=O) groups excluding carboxylic acids is 1. The lowest BCUT2D eigenvalue weighted by molar-refractivity contribution is 0.0977. The predicted octanol–water partition coefficient (Wildman–Crippen LogP) is 4.46. The Hall–Kier alpha value is -3.81. The van der Waals surface area contributed by atoms with Crippen molar-refractivity contribution in [3.63, 3.8) is 0 Å². The summed E-state index contributed by atoms with van der Waals surface area (Å²) in [6.45, 7) is 7.79. The average Bonchev–Trinajstić information content (AvgIpc) is 3.18. The molecule has 0 unspecified atom stereocenters. The molecule has 1 heterocycles. The summed E-state index contributed by atoms with van der Waals surface area (Å²) in [6.07, 6.45) is 3.02. The molecule has 2 N–H and O–H groups in total. The molecule has 0 aliphatic rings. The van der Waals surface area contributed by atoms with Gasteiger partial charge in [0.15, 0.2) is 0 Å². The van der Waals surface area contributed by atoms with Gasteiger partial charge in [0.05, 0.1) is 24.5 Å². The van der Waals surface area contributed by atoms with Gasteiger partial charge in [-0.3, -0.25) is 14.8 Å². The van der Waals surface area contributed by atoms with E-state index in [1.54, 1.807) is 6.07 Å². The third-order valence-electron chi connectivity index (χ3n) is 5.20. The highest BCUT2D eigenvalue weighted by Gasteiger charge is 2.13. The molecule has 0 saturated carbocycles. The minimum atomic E-state index is -0.248. The molecule has 1 amide bonds. The van der Waals surface area contributed by atoms with Crippen LogP contribution < -0.4 is 20.3 Å². The molecule has 3 rings (SSSR count). The average molecular weight is 463 g/mol. The van der Waals surface area contributed by atoms with Gasteiger partial charge in [-0.1, -0.05) is 25.1 Å². The molecular formula is C26H34N6O2. The van der Waals surface area contributed by atoms with Gasteiger partial charge in [-0.25, -0.2) is 4.99 Å². The van der Waals surface area contributed by atoms with Crippen LogP contribution in [-0.2, 0) is 13.1 Å². The van der Waals surface area contributed by atoms with E-state index in [1.165, 1.54) is 0 Å². The molecule has 0 spiro atoms. The number of aliphatic imine (C=N–C) groups is 1. The van der Waals surface area contributed by atoms with Crippen molar-refractivity contribution < 1.29 is 9.53 Å². The summed E-state index contributed by atoms with van der Waals surface area (Å²) in [5.41, 5.74) is 4.15.